The van der Waals surface area contributed by atoms with E-state index in [9.17, 15) is 9.59 Å². The molecule has 0 saturated carbocycles. The van der Waals surface area contributed by atoms with Crippen LogP contribution in [0.5, 0.6) is 5.75 Å². The summed E-state index contributed by atoms with van der Waals surface area (Å²) in [5.41, 5.74) is 1.80. The molecule has 1 saturated heterocycles. The number of methoxy groups -OCH3 is 1. The van der Waals surface area contributed by atoms with E-state index < -0.39 is 11.8 Å². The predicted octanol–water partition coefficient (Wildman–Crippen LogP) is 2.74. The molecule has 1 atom stereocenters. The molecule has 6 heteroatoms. The molecule has 2 amide bonds. The minimum absolute atomic E-state index is 0.243. The molecule has 3 rings (SSSR count). The van der Waals surface area contributed by atoms with E-state index in [1.807, 2.05) is 61.5 Å². The molecular formula is C23H28N2O4. The van der Waals surface area contributed by atoms with Crippen LogP contribution in [0.15, 0.2) is 54.6 Å². The fourth-order valence-corrected chi connectivity index (χ4v) is 3.69. The van der Waals surface area contributed by atoms with Gasteiger partial charge in [0, 0.05) is 25.2 Å². The molecule has 1 fully saturated rings. The monoisotopic (exact) mass is 396 g/mol. The lowest BCUT2D eigenvalue weighted by molar-refractivity contribution is -0.139. The highest BCUT2D eigenvalue weighted by molar-refractivity contribution is 6.35. The van der Waals surface area contributed by atoms with Crippen molar-refractivity contribution in [2.45, 2.75) is 31.2 Å². The Kier molecular flexibility index (Phi) is 6.88. The molecule has 1 aliphatic rings. The van der Waals surface area contributed by atoms with Gasteiger partial charge in [-0.3, -0.25) is 9.59 Å². The first-order chi connectivity index (χ1) is 14.0. The summed E-state index contributed by atoms with van der Waals surface area (Å²) in [5, 5.41) is 5.60. The number of carbonyl (C=O) groups excluding carboxylic acids is 2. The lowest BCUT2D eigenvalue weighted by Gasteiger charge is -2.38. The normalized spacial score (nSPS) is 16.5. The number of hydrogen-bond donors (Lipinski definition) is 2. The number of rotatable bonds is 6. The Morgan fingerprint density at radius 2 is 1.69 bits per heavy atom. The van der Waals surface area contributed by atoms with Crippen LogP contribution in [0.2, 0.25) is 0 Å². The summed E-state index contributed by atoms with van der Waals surface area (Å²) in [5.74, 6) is -0.459. The van der Waals surface area contributed by atoms with Crippen LogP contribution in [0.4, 0.5) is 0 Å². The number of amides is 2. The third kappa shape index (κ3) is 5.15. The number of benzene rings is 2. The number of ether oxygens (including phenoxy) is 2. The van der Waals surface area contributed by atoms with Crippen molar-refractivity contribution < 1.29 is 19.1 Å². The maximum atomic E-state index is 12.5. The van der Waals surface area contributed by atoms with Crippen molar-refractivity contribution in [1.29, 1.82) is 0 Å². The largest absolute Gasteiger partial charge is 0.497 e. The molecule has 2 aromatic carbocycles. The molecule has 1 unspecified atom stereocenters. The second-order valence-electron chi connectivity index (χ2n) is 7.41. The van der Waals surface area contributed by atoms with Crippen molar-refractivity contribution in [1.82, 2.24) is 10.6 Å². The van der Waals surface area contributed by atoms with Crippen molar-refractivity contribution in [3.05, 3.63) is 65.7 Å². The quantitative estimate of drug-likeness (QED) is 0.736. The Balaban J connectivity index is 1.64. The van der Waals surface area contributed by atoms with Crippen molar-refractivity contribution >= 4 is 11.8 Å². The molecule has 1 heterocycles. The van der Waals surface area contributed by atoms with Gasteiger partial charge in [-0.1, -0.05) is 42.5 Å². The lowest BCUT2D eigenvalue weighted by atomic mass is 9.74. The average molecular weight is 396 g/mol. The van der Waals surface area contributed by atoms with E-state index in [1.165, 1.54) is 0 Å². The maximum absolute atomic E-state index is 12.5. The molecule has 6 nitrogen and oxygen atoms in total. The third-order valence-electron chi connectivity index (χ3n) is 5.59. The lowest BCUT2D eigenvalue weighted by Crippen LogP contribution is -2.48. The predicted molar refractivity (Wildman–Crippen MR) is 111 cm³/mol. The van der Waals surface area contributed by atoms with Gasteiger partial charge in [-0.05, 0) is 43.0 Å². The van der Waals surface area contributed by atoms with Gasteiger partial charge in [-0.25, -0.2) is 0 Å². The molecule has 0 bridgehead atoms. The number of nitrogens with one attached hydrogen (secondary N) is 2. The van der Waals surface area contributed by atoms with Crippen LogP contribution in [0.1, 0.15) is 36.9 Å². The van der Waals surface area contributed by atoms with E-state index in [1.54, 1.807) is 7.11 Å². The van der Waals surface area contributed by atoms with Crippen LogP contribution in [-0.4, -0.2) is 38.7 Å². The van der Waals surface area contributed by atoms with Gasteiger partial charge in [0.1, 0.15) is 5.75 Å². The Morgan fingerprint density at radius 1 is 1.03 bits per heavy atom. The first kappa shape index (κ1) is 20.9. The summed E-state index contributed by atoms with van der Waals surface area (Å²) in [7, 11) is 1.63. The SMILES string of the molecule is COc1ccc(C2(CNC(=O)C(=O)NC(C)c3ccccc3)CCOCC2)cc1. The molecule has 2 N–H and O–H groups in total. The summed E-state index contributed by atoms with van der Waals surface area (Å²) < 4.78 is 10.8. The van der Waals surface area contributed by atoms with E-state index >= 15 is 0 Å². The van der Waals surface area contributed by atoms with Crippen LogP contribution in [0, 0.1) is 0 Å². The van der Waals surface area contributed by atoms with Gasteiger partial charge in [0.25, 0.3) is 0 Å². The van der Waals surface area contributed by atoms with Crippen LogP contribution in [0.3, 0.4) is 0 Å². The topological polar surface area (TPSA) is 76.7 Å². The second kappa shape index (κ2) is 9.56. The van der Waals surface area contributed by atoms with Crippen LogP contribution < -0.4 is 15.4 Å². The van der Waals surface area contributed by atoms with Crippen molar-refractivity contribution in [2.24, 2.45) is 0 Å². The van der Waals surface area contributed by atoms with Gasteiger partial charge in [-0.2, -0.15) is 0 Å². The van der Waals surface area contributed by atoms with Crippen molar-refractivity contribution in [2.75, 3.05) is 26.9 Å². The van der Waals surface area contributed by atoms with E-state index in [4.69, 9.17) is 9.47 Å². The third-order valence-corrected chi connectivity index (χ3v) is 5.59. The minimum Gasteiger partial charge on any atom is -0.497 e. The van der Waals surface area contributed by atoms with E-state index in [0.717, 1.165) is 29.7 Å². The van der Waals surface area contributed by atoms with Gasteiger partial charge in [0.05, 0.1) is 13.2 Å². The molecule has 29 heavy (non-hydrogen) atoms. The van der Waals surface area contributed by atoms with Gasteiger partial charge in [0.2, 0.25) is 0 Å². The zero-order chi connectivity index (χ0) is 20.7. The van der Waals surface area contributed by atoms with E-state index in [0.29, 0.717) is 19.8 Å². The fourth-order valence-electron chi connectivity index (χ4n) is 3.69. The van der Waals surface area contributed by atoms with Crippen LogP contribution in [-0.2, 0) is 19.7 Å². The standard InChI is InChI=1S/C23H28N2O4/c1-17(18-6-4-3-5-7-18)25-22(27)21(26)24-16-23(12-14-29-15-13-23)19-8-10-20(28-2)11-9-19/h3-11,17H,12-16H2,1-2H3,(H,24,26)(H,25,27). The molecule has 1 aliphatic heterocycles. The zero-order valence-electron chi connectivity index (χ0n) is 16.9. The average Bonchev–Trinajstić information content (AvgIpc) is 2.78. The maximum Gasteiger partial charge on any atom is 0.309 e. The molecule has 0 aromatic heterocycles. The molecule has 0 radical (unpaired) electrons. The van der Waals surface area contributed by atoms with Crippen LogP contribution >= 0.6 is 0 Å². The molecular weight excluding hydrogens is 368 g/mol. The first-order valence-corrected chi connectivity index (χ1v) is 9.90. The Morgan fingerprint density at radius 3 is 2.31 bits per heavy atom. The van der Waals surface area contributed by atoms with Gasteiger partial charge in [0.15, 0.2) is 0 Å². The molecule has 0 spiro atoms. The zero-order valence-corrected chi connectivity index (χ0v) is 16.9. The fraction of sp³-hybridized carbons (Fsp3) is 0.391. The highest BCUT2D eigenvalue weighted by Gasteiger charge is 2.35. The molecule has 2 aromatic rings. The summed E-state index contributed by atoms with van der Waals surface area (Å²) in [4.78, 5) is 24.8. The summed E-state index contributed by atoms with van der Waals surface area (Å²) in [6.07, 6.45) is 1.56. The van der Waals surface area contributed by atoms with Gasteiger partial charge in [-0.15, -0.1) is 0 Å². The van der Waals surface area contributed by atoms with E-state index in [2.05, 4.69) is 10.6 Å². The van der Waals surface area contributed by atoms with Crippen LogP contribution in [0.25, 0.3) is 0 Å². The number of carbonyl (C=O) groups is 2. The second-order valence-corrected chi connectivity index (χ2v) is 7.41. The number of hydrogen-bond acceptors (Lipinski definition) is 4. The van der Waals surface area contributed by atoms with Crippen molar-refractivity contribution in [3.63, 3.8) is 0 Å². The van der Waals surface area contributed by atoms with Crippen molar-refractivity contribution in [3.8, 4) is 5.75 Å². The highest BCUT2D eigenvalue weighted by atomic mass is 16.5. The van der Waals surface area contributed by atoms with E-state index in [-0.39, 0.29) is 11.5 Å². The molecule has 154 valence electrons. The smallest absolute Gasteiger partial charge is 0.309 e. The van der Waals surface area contributed by atoms with Gasteiger partial charge < -0.3 is 20.1 Å². The molecule has 0 aliphatic carbocycles. The minimum atomic E-state index is -0.627. The Bertz CT molecular complexity index is 815. The summed E-state index contributed by atoms with van der Waals surface area (Å²) in [6, 6.07) is 17.2. The highest BCUT2D eigenvalue weighted by Crippen LogP contribution is 2.35. The Hall–Kier alpha value is -2.86. The summed E-state index contributed by atoms with van der Waals surface area (Å²) >= 11 is 0. The Labute approximate surface area is 171 Å². The van der Waals surface area contributed by atoms with Gasteiger partial charge >= 0.3 is 11.8 Å². The first-order valence-electron chi connectivity index (χ1n) is 9.90. The summed E-state index contributed by atoms with van der Waals surface area (Å²) in [6.45, 7) is 3.49.